The van der Waals surface area contributed by atoms with Crippen LogP contribution in [0, 0.1) is 0 Å². The van der Waals surface area contributed by atoms with Gasteiger partial charge in [0.25, 0.3) is 5.91 Å². The third kappa shape index (κ3) is 4.34. The number of hydrogen-bond acceptors (Lipinski definition) is 7. The molecule has 0 radical (unpaired) electrons. The van der Waals surface area contributed by atoms with Crippen molar-refractivity contribution < 1.29 is 14.3 Å². The number of ether oxygens (including phenoxy) is 1. The second-order valence-corrected chi connectivity index (χ2v) is 6.32. The molecule has 26 heavy (non-hydrogen) atoms. The van der Waals surface area contributed by atoms with Gasteiger partial charge >= 0.3 is 5.97 Å². The average Bonchev–Trinajstić information content (AvgIpc) is 3.34. The average molecular weight is 370 g/mol. The topological polar surface area (TPSA) is 83.9 Å². The Hall–Kier alpha value is -3.00. The Morgan fingerprint density at radius 2 is 2.15 bits per heavy atom. The summed E-state index contributed by atoms with van der Waals surface area (Å²) in [6.07, 6.45) is 2.37. The quantitative estimate of drug-likeness (QED) is 0.598. The summed E-state index contributed by atoms with van der Waals surface area (Å²) in [5.41, 5.74) is 2.01. The fraction of sp³-hybridized carbons (Fsp3) is 0.222. The van der Waals surface area contributed by atoms with E-state index < -0.39 is 5.97 Å². The summed E-state index contributed by atoms with van der Waals surface area (Å²) < 4.78 is 5.06. The minimum atomic E-state index is -0.632. The molecule has 1 N–H and O–H groups in total. The van der Waals surface area contributed by atoms with E-state index >= 15 is 0 Å². The van der Waals surface area contributed by atoms with Gasteiger partial charge in [-0.2, -0.15) is 5.10 Å². The first-order valence-electron chi connectivity index (χ1n) is 8.08. The molecule has 1 aromatic carbocycles. The van der Waals surface area contributed by atoms with Gasteiger partial charge in [-0.1, -0.05) is 36.4 Å². The zero-order valence-electron chi connectivity index (χ0n) is 14.1. The van der Waals surface area contributed by atoms with Crippen LogP contribution in [0.25, 0.3) is 0 Å². The number of benzene rings is 1. The van der Waals surface area contributed by atoms with Crippen LogP contribution in [0.15, 0.2) is 53.5 Å². The first-order valence-corrected chi connectivity index (χ1v) is 8.96. The van der Waals surface area contributed by atoms with Crippen LogP contribution in [-0.4, -0.2) is 47.3 Å². The predicted octanol–water partition coefficient (Wildman–Crippen LogP) is 2.53. The number of esters is 1. The first kappa shape index (κ1) is 17.8. The maximum absolute atomic E-state index is 12.2. The molecule has 0 saturated heterocycles. The van der Waals surface area contributed by atoms with Gasteiger partial charge in [-0.3, -0.25) is 4.79 Å². The number of carbonyl (C=O) groups is 2. The van der Waals surface area contributed by atoms with Crippen molar-refractivity contribution in [2.75, 3.05) is 25.0 Å². The Labute approximate surface area is 155 Å². The number of nitrogens with one attached hydrogen (secondary N) is 1. The van der Waals surface area contributed by atoms with E-state index in [1.807, 2.05) is 30.3 Å². The lowest BCUT2D eigenvalue weighted by atomic mass is 10.1. The Kier molecular flexibility index (Phi) is 5.75. The molecule has 1 aromatic heterocycles. The van der Waals surface area contributed by atoms with Gasteiger partial charge in [0.15, 0.2) is 17.4 Å². The van der Waals surface area contributed by atoms with Crippen molar-refractivity contribution in [2.24, 2.45) is 5.10 Å². The second kappa shape index (κ2) is 8.39. The third-order valence-corrected chi connectivity index (χ3v) is 4.43. The second-order valence-electron chi connectivity index (χ2n) is 5.46. The lowest BCUT2D eigenvalue weighted by molar-refractivity contribution is -0.134. The van der Waals surface area contributed by atoms with E-state index in [-0.39, 0.29) is 18.2 Å². The molecule has 0 bridgehead atoms. The molecule has 1 aliphatic heterocycles. The number of rotatable bonds is 7. The van der Waals surface area contributed by atoms with Gasteiger partial charge in [0, 0.05) is 18.3 Å². The Morgan fingerprint density at radius 1 is 1.35 bits per heavy atom. The highest BCUT2D eigenvalue weighted by molar-refractivity contribution is 7.13. The standard InChI is InChI=1S/C18H18N4O3S/c1-2-9-19-18-20-15(12-26-18)17(24)25-11-16(23)22-10-8-14(21-22)13-6-4-3-5-7-13/h2-7,12H,1,8-11H2,(H,19,20). The summed E-state index contributed by atoms with van der Waals surface area (Å²) in [5, 5.41) is 10.8. The molecule has 0 atom stereocenters. The summed E-state index contributed by atoms with van der Waals surface area (Å²) in [6.45, 7) is 4.27. The molecule has 3 rings (SSSR count). The molecule has 0 aliphatic carbocycles. The molecule has 7 nitrogen and oxygen atoms in total. The van der Waals surface area contributed by atoms with E-state index in [1.165, 1.54) is 16.3 Å². The maximum Gasteiger partial charge on any atom is 0.358 e. The van der Waals surface area contributed by atoms with Crippen molar-refractivity contribution in [2.45, 2.75) is 6.42 Å². The van der Waals surface area contributed by atoms with Gasteiger partial charge in [0.1, 0.15) is 0 Å². The van der Waals surface area contributed by atoms with Gasteiger partial charge < -0.3 is 10.1 Å². The Balaban J connectivity index is 1.52. The molecular formula is C18H18N4O3S. The van der Waals surface area contributed by atoms with Crippen LogP contribution in [0.1, 0.15) is 22.5 Å². The van der Waals surface area contributed by atoms with Crippen LogP contribution < -0.4 is 5.32 Å². The number of thiazole rings is 1. The molecule has 0 spiro atoms. The van der Waals surface area contributed by atoms with Crippen molar-refractivity contribution in [1.29, 1.82) is 0 Å². The van der Waals surface area contributed by atoms with E-state index in [2.05, 4.69) is 22.0 Å². The van der Waals surface area contributed by atoms with E-state index in [4.69, 9.17) is 4.74 Å². The number of amides is 1. The highest BCUT2D eigenvalue weighted by Gasteiger charge is 2.23. The minimum absolute atomic E-state index is 0.171. The largest absolute Gasteiger partial charge is 0.451 e. The van der Waals surface area contributed by atoms with Crippen molar-refractivity contribution in [3.8, 4) is 0 Å². The highest BCUT2D eigenvalue weighted by atomic mass is 32.1. The molecule has 1 amide bonds. The molecule has 0 saturated carbocycles. The predicted molar refractivity (Wildman–Crippen MR) is 100 cm³/mol. The summed E-state index contributed by atoms with van der Waals surface area (Å²) in [6, 6.07) is 9.69. The smallest absolute Gasteiger partial charge is 0.358 e. The highest BCUT2D eigenvalue weighted by Crippen LogP contribution is 2.16. The maximum atomic E-state index is 12.2. The van der Waals surface area contributed by atoms with Gasteiger partial charge in [0.05, 0.1) is 12.3 Å². The van der Waals surface area contributed by atoms with E-state index in [0.717, 1.165) is 11.3 Å². The van der Waals surface area contributed by atoms with Crippen LogP contribution in [0.4, 0.5) is 5.13 Å². The monoisotopic (exact) mass is 370 g/mol. The molecule has 8 heteroatoms. The number of anilines is 1. The van der Waals surface area contributed by atoms with E-state index in [1.54, 1.807) is 11.5 Å². The number of carbonyl (C=O) groups excluding carboxylic acids is 2. The number of hydrogen-bond donors (Lipinski definition) is 1. The van der Waals surface area contributed by atoms with Crippen molar-refractivity contribution in [1.82, 2.24) is 9.99 Å². The Morgan fingerprint density at radius 3 is 2.92 bits per heavy atom. The summed E-state index contributed by atoms with van der Waals surface area (Å²) in [5.74, 6) is -0.989. The first-order chi connectivity index (χ1) is 12.7. The molecule has 1 aliphatic rings. The van der Waals surface area contributed by atoms with Crippen LogP contribution >= 0.6 is 11.3 Å². The van der Waals surface area contributed by atoms with Gasteiger partial charge in [-0.25, -0.2) is 14.8 Å². The molecule has 134 valence electrons. The van der Waals surface area contributed by atoms with Gasteiger partial charge in [-0.15, -0.1) is 17.9 Å². The molecule has 0 fully saturated rings. The van der Waals surface area contributed by atoms with Crippen molar-refractivity contribution in [3.05, 3.63) is 59.6 Å². The molecule has 2 heterocycles. The van der Waals surface area contributed by atoms with Crippen LogP contribution in [-0.2, 0) is 9.53 Å². The lowest BCUT2D eigenvalue weighted by Crippen LogP contribution is -2.28. The minimum Gasteiger partial charge on any atom is -0.451 e. The van der Waals surface area contributed by atoms with E-state index in [9.17, 15) is 9.59 Å². The number of hydrazone groups is 1. The fourth-order valence-corrected chi connectivity index (χ4v) is 3.04. The van der Waals surface area contributed by atoms with Crippen molar-refractivity contribution in [3.63, 3.8) is 0 Å². The van der Waals surface area contributed by atoms with Gasteiger partial charge in [0.2, 0.25) is 0 Å². The van der Waals surface area contributed by atoms with Crippen LogP contribution in [0.2, 0.25) is 0 Å². The zero-order chi connectivity index (χ0) is 18.4. The molecule has 0 unspecified atom stereocenters. The third-order valence-electron chi connectivity index (χ3n) is 3.63. The van der Waals surface area contributed by atoms with Crippen molar-refractivity contribution >= 4 is 34.1 Å². The summed E-state index contributed by atoms with van der Waals surface area (Å²) >= 11 is 1.29. The molecule has 2 aromatic rings. The summed E-state index contributed by atoms with van der Waals surface area (Å²) in [4.78, 5) is 28.3. The van der Waals surface area contributed by atoms with Crippen LogP contribution in [0.5, 0.6) is 0 Å². The van der Waals surface area contributed by atoms with E-state index in [0.29, 0.717) is 24.6 Å². The normalized spacial score (nSPS) is 13.2. The zero-order valence-corrected chi connectivity index (χ0v) is 14.9. The lowest BCUT2D eigenvalue weighted by Gasteiger charge is -2.11. The van der Waals surface area contributed by atoms with Gasteiger partial charge in [-0.05, 0) is 5.56 Å². The number of nitrogens with zero attached hydrogens (tertiary/aromatic N) is 3. The SMILES string of the molecule is C=CCNc1nc(C(=O)OCC(=O)N2CCC(c3ccccc3)=N2)cs1. The Bertz CT molecular complexity index is 832. The number of aromatic nitrogens is 1. The van der Waals surface area contributed by atoms with Crippen LogP contribution in [0.3, 0.4) is 0 Å². The fourth-order valence-electron chi connectivity index (χ4n) is 2.35. The molecular weight excluding hydrogens is 352 g/mol. The summed E-state index contributed by atoms with van der Waals surface area (Å²) in [7, 11) is 0.